The molecular formula is C29H34Cl2N4O3. The molecule has 1 N–H and O–H groups in total. The van der Waals surface area contributed by atoms with Gasteiger partial charge in [-0.2, -0.15) is 5.10 Å². The molecule has 1 amide bonds. The Bertz CT molecular complexity index is 1290. The van der Waals surface area contributed by atoms with Gasteiger partial charge in [0.05, 0.1) is 18.3 Å². The highest BCUT2D eigenvalue weighted by Gasteiger charge is 2.28. The molecule has 38 heavy (non-hydrogen) atoms. The van der Waals surface area contributed by atoms with E-state index in [-0.39, 0.29) is 12.0 Å². The molecule has 0 bridgehead atoms. The van der Waals surface area contributed by atoms with E-state index >= 15 is 0 Å². The monoisotopic (exact) mass is 556 g/mol. The van der Waals surface area contributed by atoms with Crippen LogP contribution in [-0.2, 0) is 24.3 Å². The van der Waals surface area contributed by atoms with Crippen molar-refractivity contribution < 1.29 is 14.6 Å². The fourth-order valence-corrected chi connectivity index (χ4v) is 5.65. The summed E-state index contributed by atoms with van der Waals surface area (Å²) >= 11 is 12.2. The number of β-amino-alcohol motifs (C(OH)–C–C–N with tert-alkyl or cyclic N) is 1. The largest absolute Gasteiger partial charge is 0.490 e. The van der Waals surface area contributed by atoms with E-state index in [4.69, 9.17) is 33.0 Å². The van der Waals surface area contributed by atoms with Crippen molar-refractivity contribution in [1.82, 2.24) is 19.6 Å². The van der Waals surface area contributed by atoms with Gasteiger partial charge in [0.1, 0.15) is 11.9 Å². The maximum atomic E-state index is 12.1. The maximum absolute atomic E-state index is 12.1. The van der Waals surface area contributed by atoms with E-state index in [0.29, 0.717) is 42.6 Å². The van der Waals surface area contributed by atoms with Gasteiger partial charge in [-0.15, -0.1) is 0 Å². The highest BCUT2D eigenvalue weighted by molar-refractivity contribution is 6.31. The third kappa shape index (κ3) is 6.18. The number of benzene rings is 2. The Labute approximate surface area is 233 Å². The van der Waals surface area contributed by atoms with E-state index in [9.17, 15) is 9.90 Å². The lowest BCUT2D eigenvalue weighted by atomic mass is 9.99. The summed E-state index contributed by atoms with van der Waals surface area (Å²) in [6.45, 7) is 7.50. The molecule has 2 aliphatic heterocycles. The summed E-state index contributed by atoms with van der Waals surface area (Å²) in [5, 5.41) is 17.4. The van der Waals surface area contributed by atoms with Gasteiger partial charge in [-0.25, -0.2) is 0 Å². The number of hydrogen-bond donors (Lipinski definition) is 1. The number of fused-ring (bicyclic) bond motifs is 1. The van der Waals surface area contributed by atoms with E-state index in [0.717, 1.165) is 59.8 Å². The van der Waals surface area contributed by atoms with E-state index in [2.05, 4.69) is 4.90 Å². The molecule has 7 nitrogen and oxygen atoms in total. The Kier molecular flexibility index (Phi) is 8.29. The summed E-state index contributed by atoms with van der Waals surface area (Å²) in [4.78, 5) is 16.3. The molecule has 3 aromatic rings. The first-order valence-electron chi connectivity index (χ1n) is 13.2. The second-order valence-electron chi connectivity index (χ2n) is 10.3. The molecule has 1 atom stereocenters. The molecule has 9 heteroatoms. The first kappa shape index (κ1) is 27.0. The molecule has 2 aliphatic rings. The lowest BCUT2D eigenvalue weighted by Gasteiger charge is -2.33. The number of halogens is 2. The van der Waals surface area contributed by atoms with Crippen molar-refractivity contribution in [2.24, 2.45) is 0 Å². The first-order chi connectivity index (χ1) is 18.3. The van der Waals surface area contributed by atoms with Gasteiger partial charge in [-0.3, -0.25) is 9.48 Å². The van der Waals surface area contributed by atoms with E-state index in [1.54, 1.807) is 6.92 Å². The number of ether oxygens (including phenoxy) is 1. The molecule has 1 unspecified atom stereocenters. The molecule has 0 spiro atoms. The topological polar surface area (TPSA) is 70.8 Å². The van der Waals surface area contributed by atoms with Crippen LogP contribution in [0.25, 0.3) is 11.3 Å². The summed E-state index contributed by atoms with van der Waals surface area (Å²) in [6, 6.07) is 13.4. The fraction of sp³-hybridized carbons (Fsp3) is 0.448. The minimum atomic E-state index is -0.557. The van der Waals surface area contributed by atoms with Crippen LogP contribution in [-0.4, -0.2) is 69.0 Å². The van der Waals surface area contributed by atoms with Gasteiger partial charge < -0.3 is 19.6 Å². The molecule has 0 aliphatic carbocycles. The number of rotatable bonds is 7. The quantitative estimate of drug-likeness (QED) is 0.444. The lowest BCUT2D eigenvalue weighted by molar-refractivity contribution is -0.129. The van der Waals surface area contributed by atoms with Crippen molar-refractivity contribution in [3.05, 3.63) is 69.3 Å². The molecular weight excluding hydrogens is 523 g/mol. The van der Waals surface area contributed by atoms with Crippen LogP contribution in [0.4, 0.5) is 0 Å². The highest BCUT2D eigenvalue weighted by Crippen LogP contribution is 2.32. The number of aryl methyl sites for hydroxylation is 1. The predicted octanol–water partition coefficient (Wildman–Crippen LogP) is 4.97. The summed E-state index contributed by atoms with van der Waals surface area (Å²) in [6.07, 6.45) is 2.14. The Hall–Kier alpha value is -2.58. The zero-order valence-corrected chi connectivity index (χ0v) is 23.4. The van der Waals surface area contributed by atoms with Gasteiger partial charge in [-0.1, -0.05) is 29.3 Å². The zero-order chi connectivity index (χ0) is 26.8. The molecule has 1 aromatic heterocycles. The average molecular weight is 558 g/mol. The van der Waals surface area contributed by atoms with E-state index in [1.165, 1.54) is 0 Å². The molecule has 202 valence electrons. The summed E-state index contributed by atoms with van der Waals surface area (Å²) < 4.78 is 8.06. The van der Waals surface area contributed by atoms with Crippen LogP contribution in [0, 0.1) is 6.92 Å². The minimum Gasteiger partial charge on any atom is -0.490 e. The lowest BCUT2D eigenvalue weighted by Crippen LogP contribution is -2.43. The number of likely N-dealkylation sites (tertiary alicyclic amines) is 1. The highest BCUT2D eigenvalue weighted by atomic mass is 35.5. The first-order valence-corrected chi connectivity index (χ1v) is 14.0. The number of aromatic nitrogens is 2. The Morgan fingerprint density at radius 3 is 2.53 bits per heavy atom. The van der Waals surface area contributed by atoms with Crippen LogP contribution >= 0.6 is 23.2 Å². The van der Waals surface area contributed by atoms with Crippen molar-refractivity contribution in [2.45, 2.75) is 58.4 Å². The molecule has 3 heterocycles. The SMILES string of the molecule is CC(=O)N1CCc2c(c(-c3ccc(Cl)c(C)c3)nn2CC(O)CN2CCC(Oc3ccc(Cl)cc3)CC2)C1. The molecule has 1 fully saturated rings. The fourth-order valence-electron chi connectivity index (χ4n) is 5.41. The average Bonchev–Trinajstić information content (AvgIpc) is 3.25. The second-order valence-corrected chi connectivity index (χ2v) is 11.2. The van der Waals surface area contributed by atoms with Crippen LogP contribution in [0.3, 0.4) is 0 Å². The number of carbonyl (C=O) groups excluding carboxylic acids is 1. The molecule has 0 saturated carbocycles. The van der Waals surface area contributed by atoms with Crippen molar-refractivity contribution in [2.75, 3.05) is 26.2 Å². The third-order valence-corrected chi connectivity index (χ3v) is 8.19. The molecule has 0 radical (unpaired) electrons. The molecule has 2 aromatic carbocycles. The smallest absolute Gasteiger partial charge is 0.219 e. The zero-order valence-electron chi connectivity index (χ0n) is 21.9. The number of carbonyl (C=O) groups is 1. The Morgan fingerprint density at radius 2 is 1.84 bits per heavy atom. The Morgan fingerprint density at radius 1 is 1.11 bits per heavy atom. The van der Waals surface area contributed by atoms with Crippen LogP contribution < -0.4 is 4.74 Å². The van der Waals surface area contributed by atoms with Gasteiger partial charge in [0.25, 0.3) is 0 Å². The number of amides is 1. The number of nitrogens with zero attached hydrogens (tertiary/aromatic N) is 4. The molecule has 1 saturated heterocycles. The van der Waals surface area contributed by atoms with Crippen LogP contribution in [0.2, 0.25) is 10.0 Å². The normalized spacial score (nSPS) is 17.3. The summed E-state index contributed by atoms with van der Waals surface area (Å²) in [5.41, 5.74) is 4.97. The van der Waals surface area contributed by atoms with Crippen LogP contribution in [0.5, 0.6) is 5.75 Å². The number of aliphatic hydroxyl groups excluding tert-OH is 1. The number of piperidine rings is 1. The van der Waals surface area contributed by atoms with Crippen LogP contribution in [0.1, 0.15) is 36.6 Å². The van der Waals surface area contributed by atoms with Gasteiger partial charge in [0, 0.05) is 72.9 Å². The van der Waals surface area contributed by atoms with E-state index < -0.39 is 6.10 Å². The van der Waals surface area contributed by atoms with Crippen molar-refractivity contribution >= 4 is 29.1 Å². The maximum Gasteiger partial charge on any atom is 0.219 e. The van der Waals surface area contributed by atoms with Gasteiger partial charge in [-0.05, 0) is 61.7 Å². The standard InChI is InChI=1S/C29H34Cl2N4O3/c1-19-15-21(3-8-27(19)31)29-26-18-34(20(2)36)14-11-28(26)35(32-29)17-23(37)16-33-12-9-25(10-13-33)38-24-6-4-22(30)5-7-24/h3-8,15,23,25,37H,9-14,16-18H2,1-2H3. The van der Waals surface area contributed by atoms with Crippen LogP contribution in [0.15, 0.2) is 42.5 Å². The number of aliphatic hydroxyl groups is 1. The number of hydrogen-bond acceptors (Lipinski definition) is 5. The van der Waals surface area contributed by atoms with Gasteiger partial charge in [0.2, 0.25) is 5.91 Å². The third-order valence-electron chi connectivity index (χ3n) is 7.51. The predicted molar refractivity (Wildman–Crippen MR) is 150 cm³/mol. The summed E-state index contributed by atoms with van der Waals surface area (Å²) in [5.74, 6) is 0.900. The van der Waals surface area contributed by atoms with Gasteiger partial charge in [0.15, 0.2) is 0 Å². The van der Waals surface area contributed by atoms with Crippen molar-refractivity contribution in [1.29, 1.82) is 0 Å². The molecule has 5 rings (SSSR count). The van der Waals surface area contributed by atoms with Crippen molar-refractivity contribution in [3.63, 3.8) is 0 Å². The van der Waals surface area contributed by atoms with E-state index in [1.807, 2.05) is 59.0 Å². The van der Waals surface area contributed by atoms with Gasteiger partial charge >= 0.3 is 0 Å². The Balaban J connectivity index is 1.24. The minimum absolute atomic E-state index is 0.0603. The van der Waals surface area contributed by atoms with Crippen molar-refractivity contribution in [3.8, 4) is 17.0 Å². The summed E-state index contributed by atoms with van der Waals surface area (Å²) in [7, 11) is 0. The second kappa shape index (κ2) is 11.7.